The maximum Gasteiger partial charge on any atom is 0.0733 e. The van der Waals surface area contributed by atoms with Crippen LogP contribution >= 0.6 is 0 Å². The molecule has 3 atom stereocenters. The average molecular weight is 241 g/mol. The third-order valence-corrected chi connectivity index (χ3v) is 4.08. The van der Waals surface area contributed by atoms with Gasteiger partial charge < -0.3 is 10.1 Å². The molecular formula is C15H31NO. The van der Waals surface area contributed by atoms with Crippen molar-refractivity contribution in [3.8, 4) is 0 Å². The van der Waals surface area contributed by atoms with E-state index in [-0.39, 0.29) is 0 Å². The average Bonchev–Trinajstić information content (AvgIpc) is 2.26. The quantitative estimate of drug-likeness (QED) is 0.767. The van der Waals surface area contributed by atoms with E-state index in [1.807, 2.05) is 0 Å². The summed E-state index contributed by atoms with van der Waals surface area (Å²) in [6.07, 6.45) is 6.69. The molecule has 0 aliphatic heterocycles. The molecule has 1 saturated carbocycles. The van der Waals surface area contributed by atoms with Crippen LogP contribution in [0, 0.1) is 11.3 Å². The van der Waals surface area contributed by atoms with Gasteiger partial charge in [0.05, 0.1) is 6.10 Å². The molecule has 3 unspecified atom stereocenters. The molecule has 2 nitrogen and oxygen atoms in total. The summed E-state index contributed by atoms with van der Waals surface area (Å²) in [4.78, 5) is 0. The van der Waals surface area contributed by atoms with Gasteiger partial charge in [0.1, 0.15) is 0 Å². The van der Waals surface area contributed by atoms with Gasteiger partial charge in [-0.1, -0.05) is 34.1 Å². The Kier molecular flexibility index (Phi) is 5.94. The first-order valence-corrected chi connectivity index (χ1v) is 7.27. The van der Waals surface area contributed by atoms with Crippen molar-refractivity contribution in [2.45, 2.75) is 71.9 Å². The molecule has 1 fully saturated rings. The van der Waals surface area contributed by atoms with Crippen LogP contribution in [0.1, 0.15) is 59.8 Å². The Labute approximate surface area is 108 Å². The number of likely N-dealkylation sites (N-methyl/N-ethyl adjacent to an activating group) is 1. The minimum atomic E-state index is 0.406. The molecule has 0 aromatic rings. The molecule has 102 valence electrons. The Balaban J connectivity index is 2.41. The summed E-state index contributed by atoms with van der Waals surface area (Å²) in [7, 11) is 2.06. The highest BCUT2D eigenvalue weighted by atomic mass is 16.5. The fraction of sp³-hybridized carbons (Fsp3) is 1.00. The minimum absolute atomic E-state index is 0.406. The van der Waals surface area contributed by atoms with E-state index in [0.29, 0.717) is 23.5 Å². The first kappa shape index (κ1) is 15.0. The summed E-state index contributed by atoms with van der Waals surface area (Å²) in [6, 6.07) is 0.553. The second-order valence-corrected chi connectivity index (χ2v) is 6.57. The number of rotatable bonds is 6. The molecule has 1 aliphatic carbocycles. The van der Waals surface area contributed by atoms with Gasteiger partial charge in [-0.15, -0.1) is 0 Å². The van der Waals surface area contributed by atoms with Crippen LogP contribution in [-0.4, -0.2) is 25.8 Å². The molecule has 0 amide bonds. The summed E-state index contributed by atoms with van der Waals surface area (Å²) < 4.78 is 6.17. The Bertz CT molecular complexity index is 215. The normalized spacial score (nSPS) is 30.2. The van der Waals surface area contributed by atoms with E-state index in [2.05, 4.69) is 40.1 Å². The Hall–Kier alpha value is -0.0800. The maximum absolute atomic E-state index is 6.17. The van der Waals surface area contributed by atoms with Crippen molar-refractivity contribution in [3.63, 3.8) is 0 Å². The van der Waals surface area contributed by atoms with Gasteiger partial charge in [-0.3, -0.25) is 0 Å². The first-order valence-electron chi connectivity index (χ1n) is 7.27. The van der Waals surface area contributed by atoms with Crippen molar-refractivity contribution in [2.24, 2.45) is 11.3 Å². The van der Waals surface area contributed by atoms with E-state index in [1.54, 1.807) is 0 Å². The monoisotopic (exact) mass is 241 g/mol. The van der Waals surface area contributed by atoms with E-state index >= 15 is 0 Å². The highest BCUT2D eigenvalue weighted by molar-refractivity contribution is 4.89. The zero-order chi connectivity index (χ0) is 12.9. The molecular weight excluding hydrogens is 210 g/mol. The molecule has 1 N–H and O–H groups in total. The number of nitrogens with one attached hydrogen (secondary N) is 1. The van der Waals surface area contributed by atoms with Crippen LogP contribution in [0.15, 0.2) is 0 Å². The predicted molar refractivity (Wildman–Crippen MR) is 74.3 cm³/mol. The lowest BCUT2D eigenvalue weighted by Gasteiger charge is -2.40. The van der Waals surface area contributed by atoms with E-state index < -0.39 is 0 Å². The van der Waals surface area contributed by atoms with Crippen LogP contribution in [0.2, 0.25) is 0 Å². The summed E-state index contributed by atoms with van der Waals surface area (Å²) in [6.45, 7) is 10.2. The zero-order valence-corrected chi connectivity index (χ0v) is 12.4. The second kappa shape index (κ2) is 6.75. The fourth-order valence-electron chi connectivity index (χ4n) is 2.89. The molecule has 0 radical (unpaired) electrons. The molecule has 0 spiro atoms. The molecule has 1 aliphatic rings. The van der Waals surface area contributed by atoms with Gasteiger partial charge in [-0.2, -0.15) is 0 Å². The summed E-state index contributed by atoms with van der Waals surface area (Å²) >= 11 is 0. The maximum atomic E-state index is 6.17. The van der Waals surface area contributed by atoms with E-state index in [4.69, 9.17) is 4.74 Å². The SMILES string of the molecule is CCCC(C)COC1CC(C)(C)CCC1NC. The lowest BCUT2D eigenvalue weighted by Crippen LogP contribution is -2.46. The molecule has 0 saturated heterocycles. The Morgan fingerprint density at radius 3 is 2.71 bits per heavy atom. The molecule has 1 rings (SSSR count). The van der Waals surface area contributed by atoms with Crippen LogP contribution in [0.25, 0.3) is 0 Å². The van der Waals surface area contributed by atoms with Crippen molar-refractivity contribution in [2.75, 3.05) is 13.7 Å². The molecule has 2 heteroatoms. The fourth-order valence-corrected chi connectivity index (χ4v) is 2.89. The van der Waals surface area contributed by atoms with Gasteiger partial charge in [0.15, 0.2) is 0 Å². The molecule has 0 heterocycles. The number of ether oxygens (including phenoxy) is 1. The van der Waals surface area contributed by atoms with Gasteiger partial charge in [0.2, 0.25) is 0 Å². The van der Waals surface area contributed by atoms with Gasteiger partial charge in [0, 0.05) is 12.6 Å². The highest BCUT2D eigenvalue weighted by Gasteiger charge is 2.34. The van der Waals surface area contributed by atoms with Crippen molar-refractivity contribution in [1.29, 1.82) is 0 Å². The van der Waals surface area contributed by atoms with E-state index in [0.717, 1.165) is 6.61 Å². The largest absolute Gasteiger partial charge is 0.376 e. The van der Waals surface area contributed by atoms with E-state index in [1.165, 1.54) is 32.1 Å². The van der Waals surface area contributed by atoms with Crippen LogP contribution < -0.4 is 5.32 Å². The van der Waals surface area contributed by atoms with Crippen molar-refractivity contribution in [3.05, 3.63) is 0 Å². The third kappa shape index (κ3) is 4.97. The standard InChI is InChI=1S/C15H31NO/c1-6-7-12(2)11-17-14-10-15(3,4)9-8-13(14)16-5/h12-14,16H,6-11H2,1-5H3. The lowest BCUT2D eigenvalue weighted by molar-refractivity contribution is -0.0389. The van der Waals surface area contributed by atoms with Crippen molar-refractivity contribution < 1.29 is 4.74 Å². The van der Waals surface area contributed by atoms with Gasteiger partial charge >= 0.3 is 0 Å². The van der Waals surface area contributed by atoms with Crippen molar-refractivity contribution >= 4 is 0 Å². The lowest BCUT2D eigenvalue weighted by atomic mass is 9.74. The Morgan fingerprint density at radius 1 is 1.41 bits per heavy atom. The summed E-state index contributed by atoms with van der Waals surface area (Å²) in [5, 5.41) is 3.42. The topological polar surface area (TPSA) is 21.3 Å². The molecule has 17 heavy (non-hydrogen) atoms. The van der Waals surface area contributed by atoms with Crippen LogP contribution in [0.4, 0.5) is 0 Å². The summed E-state index contributed by atoms with van der Waals surface area (Å²) in [5.74, 6) is 0.697. The first-order chi connectivity index (χ1) is 7.98. The van der Waals surface area contributed by atoms with Gasteiger partial charge in [0.25, 0.3) is 0 Å². The van der Waals surface area contributed by atoms with Crippen LogP contribution in [0.3, 0.4) is 0 Å². The predicted octanol–water partition coefficient (Wildman–Crippen LogP) is 3.61. The van der Waals surface area contributed by atoms with Crippen LogP contribution in [0.5, 0.6) is 0 Å². The highest BCUT2D eigenvalue weighted by Crippen LogP contribution is 2.36. The van der Waals surface area contributed by atoms with E-state index in [9.17, 15) is 0 Å². The third-order valence-electron chi connectivity index (χ3n) is 4.08. The minimum Gasteiger partial charge on any atom is -0.376 e. The molecule has 0 aromatic heterocycles. The number of hydrogen-bond acceptors (Lipinski definition) is 2. The molecule has 0 aromatic carbocycles. The van der Waals surface area contributed by atoms with Crippen molar-refractivity contribution in [1.82, 2.24) is 5.32 Å². The summed E-state index contributed by atoms with van der Waals surface area (Å²) in [5.41, 5.74) is 0.450. The zero-order valence-electron chi connectivity index (χ0n) is 12.4. The van der Waals surface area contributed by atoms with Gasteiger partial charge in [-0.05, 0) is 44.1 Å². The van der Waals surface area contributed by atoms with Crippen LogP contribution in [-0.2, 0) is 4.74 Å². The van der Waals surface area contributed by atoms with Gasteiger partial charge in [-0.25, -0.2) is 0 Å². The molecule has 0 bridgehead atoms. The number of hydrogen-bond donors (Lipinski definition) is 1. The second-order valence-electron chi connectivity index (χ2n) is 6.57. The Morgan fingerprint density at radius 2 is 2.12 bits per heavy atom. The smallest absolute Gasteiger partial charge is 0.0733 e.